The highest BCUT2D eigenvalue weighted by molar-refractivity contribution is 7.90. The van der Waals surface area contributed by atoms with Crippen molar-refractivity contribution in [3.05, 3.63) is 95.1 Å². The molecule has 0 N–H and O–H groups in total. The maximum Gasteiger partial charge on any atom is 0.338 e. The molecule has 0 atom stereocenters. The summed E-state index contributed by atoms with van der Waals surface area (Å²) in [7, 11) is -2.59. The van der Waals surface area contributed by atoms with E-state index in [0.717, 1.165) is 9.87 Å². The smallest absolute Gasteiger partial charge is 0.338 e. The number of urea groups is 1. The second kappa shape index (κ2) is 10.1. The van der Waals surface area contributed by atoms with Crippen molar-refractivity contribution in [1.29, 1.82) is 0 Å². The topological polar surface area (TPSA) is 84.0 Å². The van der Waals surface area contributed by atoms with Crippen molar-refractivity contribution in [2.45, 2.75) is 44.2 Å². The van der Waals surface area contributed by atoms with Gasteiger partial charge in [0.05, 0.1) is 17.8 Å². The van der Waals surface area contributed by atoms with E-state index in [4.69, 9.17) is 4.74 Å². The molecule has 4 rings (SSSR count). The Balaban J connectivity index is 1.57. The number of nitrogens with zero attached hydrogens (tertiary/aromatic N) is 2. The molecule has 0 radical (unpaired) electrons. The standard InChI is InChI=1S/C29H28N2O5S/c1-29(2,3)36-27(32)24-16-13-23(14-17-24)20-31-28(33)30(4)25-18-15-22(19-26(25)37(31,34)35)12-8-11-21-9-6-5-7-10-21/h5-7,9-10,13-19H,11,20H2,1-4H3. The van der Waals surface area contributed by atoms with Crippen LogP contribution in [0.5, 0.6) is 0 Å². The van der Waals surface area contributed by atoms with Crippen molar-refractivity contribution in [2.75, 3.05) is 11.9 Å². The molecule has 3 aromatic carbocycles. The Hall–Kier alpha value is -4.09. The third kappa shape index (κ3) is 5.84. The summed E-state index contributed by atoms with van der Waals surface area (Å²) in [5.74, 6) is 5.62. The van der Waals surface area contributed by atoms with Crippen LogP contribution in [0.2, 0.25) is 0 Å². The molecule has 1 aliphatic rings. The first-order valence-corrected chi connectivity index (χ1v) is 13.2. The van der Waals surface area contributed by atoms with E-state index in [1.54, 1.807) is 57.2 Å². The second-order valence-corrected chi connectivity index (χ2v) is 11.5. The molecule has 0 aliphatic carbocycles. The van der Waals surface area contributed by atoms with Gasteiger partial charge in [-0.2, -0.15) is 0 Å². The minimum absolute atomic E-state index is 0.0199. The van der Waals surface area contributed by atoms with Crippen LogP contribution in [-0.4, -0.2) is 37.4 Å². The Bertz CT molecular complexity index is 1500. The number of carbonyl (C=O) groups excluding carboxylic acids is 2. The summed E-state index contributed by atoms with van der Waals surface area (Å²) < 4.78 is 33.2. The van der Waals surface area contributed by atoms with Gasteiger partial charge in [-0.15, -0.1) is 0 Å². The molecule has 0 bridgehead atoms. The maximum atomic E-state index is 13.5. The number of ether oxygens (including phenoxy) is 1. The predicted molar refractivity (Wildman–Crippen MR) is 142 cm³/mol. The lowest BCUT2D eigenvalue weighted by Gasteiger charge is -2.34. The summed E-state index contributed by atoms with van der Waals surface area (Å²) in [6.07, 6.45) is 0.536. The molecule has 8 heteroatoms. The second-order valence-electron chi connectivity index (χ2n) is 9.70. The van der Waals surface area contributed by atoms with Crippen LogP contribution in [0.1, 0.15) is 47.8 Å². The van der Waals surface area contributed by atoms with Crippen LogP contribution in [0.15, 0.2) is 77.7 Å². The Kier molecular flexibility index (Phi) is 7.10. The number of rotatable bonds is 4. The van der Waals surface area contributed by atoms with Gasteiger partial charge in [0.25, 0.3) is 10.0 Å². The summed E-state index contributed by atoms with van der Waals surface area (Å²) >= 11 is 0. The Morgan fingerprint density at radius 1 is 0.946 bits per heavy atom. The largest absolute Gasteiger partial charge is 0.456 e. The number of hydrogen-bond acceptors (Lipinski definition) is 5. The molecule has 1 aliphatic heterocycles. The SMILES string of the molecule is CN1C(=O)N(Cc2ccc(C(=O)OC(C)(C)C)cc2)S(=O)(=O)c2cc(C#CCc3ccccc3)ccc21. The average Bonchev–Trinajstić information content (AvgIpc) is 2.85. The summed E-state index contributed by atoms with van der Waals surface area (Å²) in [6, 6.07) is 20.3. The first kappa shape index (κ1) is 26.0. The van der Waals surface area contributed by atoms with Crippen LogP contribution < -0.4 is 4.90 Å². The number of fused-ring (bicyclic) bond motifs is 1. The zero-order valence-corrected chi connectivity index (χ0v) is 22.0. The first-order chi connectivity index (χ1) is 17.5. The van der Waals surface area contributed by atoms with Crippen molar-refractivity contribution in [2.24, 2.45) is 0 Å². The van der Waals surface area contributed by atoms with Gasteiger partial charge in [-0.25, -0.2) is 22.3 Å². The maximum absolute atomic E-state index is 13.5. The molecule has 3 aromatic rings. The molecule has 37 heavy (non-hydrogen) atoms. The van der Waals surface area contributed by atoms with Gasteiger partial charge in [0, 0.05) is 19.0 Å². The van der Waals surface area contributed by atoms with Gasteiger partial charge in [0.1, 0.15) is 10.5 Å². The highest BCUT2D eigenvalue weighted by Gasteiger charge is 2.40. The number of esters is 1. The van der Waals surface area contributed by atoms with Crippen LogP contribution in [0.3, 0.4) is 0 Å². The number of benzene rings is 3. The van der Waals surface area contributed by atoms with Gasteiger partial charge in [-0.1, -0.05) is 54.3 Å². The quantitative estimate of drug-likeness (QED) is 0.360. The van der Waals surface area contributed by atoms with Gasteiger partial charge in [-0.3, -0.25) is 4.90 Å². The molecule has 190 valence electrons. The third-order valence-electron chi connectivity index (χ3n) is 5.67. The van der Waals surface area contributed by atoms with E-state index in [-0.39, 0.29) is 11.4 Å². The lowest BCUT2D eigenvalue weighted by atomic mass is 10.1. The van der Waals surface area contributed by atoms with Crippen LogP contribution in [0, 0.1) is 11.8 Å². The van der Waals surface area contributed by atoms with Crippen molar-refractivity contribution in [3.63, 3.8) is 0 Å². The van der Waals surface area contributed by atoms with Gasteiger partial charge < -0.3 is 4.74 Å². The average molecular weight is 517 g/mol. The molecular weight excluding hydrogens is 488 g/mol. The number of anilines is 1. The molecule has 7 nitrogen and oxygen atoms in total. The highest BCUT2D eigenvalue weighted by Crippen LogP contribution is 2.35. The fourth-order valence-electron chi connectivity index (χ4n) is 3.81. The van der Waals surface area contributed by atoms with E-state index in [1.165, 1.54) is 18.0 Å². The molecular formula is C29H28N2O5S. The molecule has 0 aromatic heterocycles. The van der Waals surface area contributed by atoms with Gasteiger partial charge in [0.2, 0.25) is 0 Å². The molecule has 0 fully saturated rings. The van der Waals surface area contributed by atoms with Crippen molar-refractivity contribution < 1.29 is 22.7 Å². The van der Waals surface area contributed by atoms with E-state index in [0.29, 0.717) is 28.8 Å². The van der Waals surface area contributed by atoms with Gasteiger partial charge >= 0.3 is 12.0 Å². The van der Waals surface area contributed by atoms with Crippen molar-refractivity contribution in [1.82, 2.24) is 4.31 Å². The van der Waals surface area contributed by atoms with Crippen molar-refractivity contribution >= 4 is 27.7 Å². The summed E-state index contributed by atoms with van der Waals surface area (Å²) in [5, 5.41) is 0. The number of amides is 2. The van der Waals surface area contributed by atoms with Crippen LogP contribution >= 0.6 is 0 Å². The molecule has 0 saturated carbocycles. The monoisotopic (exact) mass is 516 g/mol. The van der Waals surface area contributed by atoms with Gasteiger partial charge in [-0.05, 0) is 62.2 Å². The van der Waals surface area contributed by atoms with Gasteiger partial charge in [0.15, 0.2) is 0 Å². The zero-order chi connectivity index (χ0) is 26.8. The van der Waals surface area contributed by atoms with Crippen LogP contribution in [-0.2, 0) is 27.7 Å². The summed E-state index contributed by atoms with van der Waals surface area (Å²) in [6.45, 7) is 5.16. The minimum atomic E-state index is -4.13. The molecule has 0 spiro atoms. The van der Waals surface area contributed by atoms with Crippen LogP contribution in [0.4, 0.5) is 10.5 Å². The number of sulfonamides is 1. The predicted octanol–water partition coefficient (Wildman–Crippen LogP) is 5.00. The number of carbonyl (C=O) groups is 2. The van der Waals surface area contributed by atoms with E-state index >= 15 is 0 Å². The lowest BCUT2D eigenvalue weighted by Crippen LogP contribution is -2.48. The van der Waals surface area contributed by atoms with Crippen LogP contribution in [0.25, 0.3) is 0 Å². The molecule has 0 unspecified atom stereocenters. The van der Waals surface area contributed by atoms with E-state index in [2.05, 4.69) is 11.8 Å². The first-order valence-electron chi connectivity index (χ1n) is 11.8. The number of hydrogen-bond donors (Lipinski definition) is 0. The Morgan fingerprint density at radius 3 is 2.27 bits per heavy atom. The lowest BCUT2D eigenvalue weighted by molar-refractivity contribution is 0.00694. The molecule has 1 heterocycles. The summed E-state index contributed by atoms with van der Waals surface area (Å²) in [5.41, 5.74) is 2.17. The molecule has 0 saturated heterocycles. The fraction of sp³-hybridized carbons (Fsp3) is 0.241. The minimum Gasteiger partial charge on any atom is -0.456 e. The van der Waals surface area contributed by atoms with E-state index in [1.807, 2.05) is 30.3 Å². The molecule has 2 amide bonds. The fourth-order valence-corrected chi connectivity index (χ4v) is 5.44. The summed E-state index contributed by atoms with van der Waals surface area (Å²) in [4.78, 5) is 26.6. The van der Waals surface area contributed by atoms with E-state index in [9.17, 15) is 18.0 Å². The Morgan fingerprint density at radius 2 is 1.62 bits per heavy atom. The Labute approximate surface area is 217 Å². The highest BCUT2D eigenvalue weighted by atomic mass is 32.2. The third-order valence-corrected chi connectivity index (χ3v) is 7.42. The zero-order valence-electron chi connectivity index (χ0n) is 21.2. The van der Waals surface area contributed by atoms with Crippen molar-refractivity contribution in [3.8, 4) is 11.8 Å². The van der Waals surface area contributed by atoms with E-state index < -0.39 is 27.6 Å². The normalized spacial score (nSPS) is 14.4.